The summed E-state index contributed by atoms with van der Waals surface area (Å²) < 4.78 is 5.85. The molecule has 1 rings (SSSR count). The van der Waals surface area contributed by atoms with Crippen LogP contribution in [0.3, 0.4) is 0 Å². The molecule has 0 aliphatic carbocycles. The number of likely N-dealkylation sites (N-methyl/N-ethyl adjacent to an activating group) is 1. The second-order valence-corrected chi connectivity index (χ2v) is 4.92. The molecule has 0 aliphatic rings. The fourth-order valence-corrected chi connectivity index (χ4v) is 2.18. The molecule has 0 radical (unpaired) electrons. The first-order chi connectivity index (χ1) is 8.10. The van der Waals surface area contributed by atoms with Gasteiger partial charge < -0.3 is 10.1 Å². The summed E-state index contributed by atoms with van der Waals surface area (Å²) in [5.41, 5.74) is 1.21. The first kappa shape index (κ1) is 14.5. The molecule has 2 unspecified atom stereocenters. The minimum Gasteiger partial charge on any atom is -0.376 e. The van der Waals surface area contributed by atoms with Crippen LogP contribution in [0.2, 0.25) is 5.02 Å². The molecule has 0 fully saturated rings. The smallest absolute Gasteiger partial charge is 0.0792 e. The van der Waals surface area contributed by atoms with Gasteiger partial charge in [-0.15, -0.1) is 0 Å². The fourth-order valence-electron chi connectivity index (χ4n) is 2.06. The largest absolute Gasteiger partial charge is 0.376 e. The van der Waals surface area contributed by atoms with E-state index in [0.717, 1.165) is 11.6 Å². The van der Waals surface area contributed by atoms with Crippen LogP contribution in [0.5, 0.6) is 0 Å². The molecule has 1 N–H and O–H groups in total. The highest BCUT2D eigenvalue weighted by Crippen LogP contribution is 2.25. The number of nitrogens with one attached hydrogen (secondary N) is 1. The standard InChI is InChI=1S/C14H22ClNO/c1-5-17-14(10(2)3)13(16-4)11-6-8-12(15)9-7-11/h6-10,13-14,16H,5H2,1-4H3. The quantitative estimate of drug-likeness (QED) is 0.838. The highest BCUT2D eigenvalue weighted by atomic mass is 35.5. The van der Waals surface area contributed by atoms with E-state index in [1.165, 1.54) is 5.56 Å². The number of rotatable bonds is 6. The van der Waals surface area contributed by atoms with Crippen molar-refractivity contribution in [3.05, 3.63) is 34.9 Å². The molecule has 0 bridgehead atoms. The molecule has 0 saturated carbocycles. The van der Waals surface area contributed by atoms with Crippen molar-refractivity contribution in [3.8, 4) is 0 Å². The molecule has 2 atom stereocenters. The third-order valence-corrected chi connectivity index (χ3v) is 3.14. The third-order valence-electron chi connectivity index (χ3n) is 2.88. The third kappa shape index (κ3) is 3.98. The molecule has 0 aromatic heterocycles. The molecule has 96 valence electrons. The molecule has 0 heterocycles. The molecule has 3 heteroatoms. The normalized spacial score (nSPS) is 14.9. The van der Waals surface area contributed by atoms with Crippen LogP contribution in [0.4, 0.5) is 0 Å². The van der Waals surface area contributed by atoms with E-state index in [0.29, 0.717) is 5.92 Å². The number of ether oxygens (including phenoxy) is 1. The van der Waals surface area contributed by atoms with Crippen LogP contribution in [-0.4, -0.2) is 19.8 Å². The average Bonchev–Trinajstić information content (AvgIpc) is 2.31. The van der Waals surface area contributed by atoms with Crippen molar-refractivity contribution in [2.75, 3.05) is 13.7 Å². The average molecular weight is 256 g/mol. The van der Waals surface area contributed by atoms with Gasteiger partial charge in [0.1, 0.15) is 0 Å². The van der Waals surface area contributed by atoms with E-state index in [2.05, 4.69) is 31.3 Å². The monoisotopic (exact) mass is 255 g/mol. The van der Waals surface area contributed by atoms with E-state index in [-0.39, 0.29) is 12.1 Å². The van der Waals surface area contributed by atoms with Crippen molar-refractivity contribution in [2.24, 2.45) is 5.92 Å². The molecule has 0 spiro atoms. The Morgan fingerprint density at radius 3 is 2.24 bits per heavy atom. The van der Waals surface area contributed by atoms with Gasteiger partial charge in [-0.1, -0.05) is 37.6 Å². The topological polar surface area (TPSA) is 21.3 Å². The molecule has 17 heavy (non-hydrogen) atoms. The molecular formula is C14H22ClNO. The minimum atomic E-state index is 0.172. The molecule has 0 aliphatic heterocycles. The van der Waals surface area contributed by atoms with Crippen molar-refractivity contribution in [1.82, 2.24) is 5.32 Å². The Balaban J connectivity index is 2.91. The SMILES string of the molecule is CCOC(C(C)C)C(NC)c1ccc(Cl)cc1. The summed E-state index contributed by atoms with van der Waals surface area (Å²) in [5, 5.41) is 4.10. The fraction of sp³-hybridized carbons (Fsp3) is 0.571. The second kappa shape index (κ2) is 7.00. The molecule has 0 amide bonds. The maximum Gasteiger partial charge on any atom is 0.0792 e. The molecule has 1 aromatic carbocycles. The number of halogens is 1. The lowest BCUT2D eigenvalue weighted by molar-refractivity contribution is 0.00460. The van der Waals surface area contributed by atoms with Gasteiger partial charge in [-0.25, -0.2) is 0 Å². The molecule has 0 saturated heterocycles. The maximum atomic E-state index is 5.91. The van der Waals surface area contributed by atoms with E-state index in [4.69, 9.17) is 16.3 Å². The van der Waals surface area contributed by atoms with E-state index >= 15 is 0 Å². The second-order valence-electron chi connectivity index (χ2n) is 4.48. The van der Waals surface area contributed by atoms with Crippen LogP contribution >= 0.6 is 11.6 Å². The van der Waals surface area contributed by atoms with Gasteiger partial charge in [-0.3, -0.25) is 0 Å². The van der Waals surface area contributed by atoms with Crippen LogP contribution in [0, 0.1) is 5.92 Å². The van der Waals surface area contributed by atoms with Crippen LogP contribution in [0.25, 0.3) is 0 Å². The summed E-state index contributed by atoms with van der Waals surface area (Å²) in [4.78, 5) is 0. The first-order valence-electron chi connectivity index (χ1n) is 6.14. The molecule has 1 aromatic rings. The van der Waals surface area contributed by atoms with Crippen LogP contribution in [-0.2, 0) is 4.74 Å². The van der Waals surface area contributed by atoms with Crippen molar-refractivity contribution in [1.29, 1.82) is 0 Å². The van der Waals surface area contributed by atoms with E-state index in [1.54, 1.807) is 0 Å². The van der Waals surface area contributed by atoms with Gasteiger partial charge >= 0.3 is 0 Å². The summed E-state index contributed by atoms with van der Waals surface area (Å²) in [6.45, 7) is 7.12. The lowest BCUT2D eigenvalue weighted by atomic mass is 9.93. The highest BCUT2D eigenvalue weighted by Gasteiger charge is 2.24. The minimum absolute atomic E-state index is 0.172. The Morgan fingerprint density at radius 2 is 1.82 bits per heavy atom. The van der Waals surface area contributed by atoms with Crippen LogP contribution in [0.15, 0.2) is 24.3 Å². The van der Waals surface area contributed by atoms with Crippen molar-refractivity contribution in [2.45, 2.75) is 32.9 Å². The van der Waals surface area contributed by atoms with Crippen molar-refractivity contribution < 1.29 is 4.74 Å². The van der Waals surface area contributed by atoms with Crippen LogP contribution < -0.4 is 5.32 Å². The lowest BCUT2D eigenvalue weighted by Gasteiger charge is -2.30. The number of hydrogen-bond donors (Lipinski definition) is 1. The maximum absolute atomic E-state index is 5.91. The summed E-state index contributed by atoms with van der Waals surface area (Å²) in [7, 11) is 1.97. The van der Waals surface area contributed by atoms with Crippen LogP contribution in [0.1, 0.15) is 32.4 Å². The Labute approximate surface area is 109 Å². The zero-order valence-electron chi connectivity index (χ0n) is 11.0. The summed E-state index contributed by atoms with van der Waals surface area (Å²) in [6.07, 6.45) is 0.172. The van der Waals surface area contributed by atoms with Gasteiger partial charge in [-0.05, 0) is 37.6 Å². The van der Waals surface area contributed by atoms with Gasteiger partial charge in [0.25, 0.3) is 0 Å². The Morgan fingerprint density at radius 1 is 1.24 bits per heavy atom. The molecule has 2 nitrogen and oxygen atoms in total. The first-order valence-corrected chi connectivity index (χ1v) is 6.52. The van der Waals surface area contributed by atoms with Crippen molar-refractivity contribution in [3.63, 3.8) is 0 Å². The van der Waals surface area contributed by atoms with Gasteiger partial charge in [0, 0.05) is 11.6 Å². The van der Waals surface area contributed by atoms with E-state index in [1.807, 2.05) is 26.1 Å². The number of hydrogen-bond acceptors (Lipinski definition) is 2. The Hall–Kier alpha value is -0.570. The lowest BCUT2D eigenvalue weighted by Crippen LogP contribution is -2.35. The number of benzene rings is 1. The molecular weight excluding hydrogens is 234 g/mol. The Bertz CT molecular complexity index is 323. The van der Waals surface area contributed by atoms with Gasteiger partial charge in [0.2, 0.25) is 0 Å². The summed E-state index contributed by atoms with van der Waals surface area (Å²) in [5.74, 6) is 0.461. The summed E-state index contributed by atoms with van der Waals surface area (Å²) >= 11 is 5.91. The Kier molecular flexibility index (Phi) is 5.96. The van der Waals surface area contributed by atoms with Gasteiger partial charge in [0.15, 0.2) is 0 Å². The van der Waals surface area contributed by atoms with E-state index in [9.17, 15) is 0 Å². The van der Waals surface area contributed by atoms with Crippen molar-refractivity contribution >= 4 is 11.6 Å². The highest BCUT2D eigenvalue weighted by molar-refractivity contribution is 6.30. The zero-order chi connectivity index (χ0) is 12.8. The van der Waals surface area contributed by atoms with E-state index < -0.39 is 0 Å². The zero-order valence-corrected chi connectivity index (χ0v) is 11.8. The predicted octanol–water partition coefficient (Wildman–Crippen LogP) is 3.66. The predicted molar refractivity (Wildman–Crippen MR) is 73.5 cm³/mol. The van der Waals surface area contributed by atoms with Gasteiger partial charge in [-0.2, -0.15) is 0 Å². The van der Waals surface area contributed by atoms with Gasteiger partial charge in [0.05, 0.1) is 12.1 Å². The summed E-state index contributed by atoms with van der Waals surface area (Å²) in [6, 6.07) is 8.15.